The average Bonchev–Trinajstić information content (AvgIpc) is 2.67. The number of carbonyl (C=O) groups is 1. The lowest BCUT2D eigenvalue weighted by atomic mass is 9.94. The van der Waals surface area contributed by atoms with E-state index in [0.717, 1.165) is 5.56 Å². The van der Waals surface area contributed by atoms with Crippen LogP contribution in [0.2, 0.25) is 0 Å². The van der Waals surface area contributed by atoms with Crippen molar-refractivity contribution in [3.63, 3.8) is 0 Å². The van der Waals surface area contributed by atoms with E-state index in [9.17, 15) is 24.4 Å². The summed E-state index contributed by atoms with van der Waals surface area (Å²) >= 11 is 0. The van der Waals surface area contributed by atoms with Gasteiger partial charge in [-0.2, -0.15) is 0 Å². The van der Waals surface area contributed by atoms with E-state index >= 15 is 0 Å². The number of hydrogen-bond donors (Lipinski definition) is 2. The van der Waals surface area contributed by atoms with Crippen LogP contribution in [0.15, 0.2) is 60.7 Å². The van der Waals surface area contributed by atoms with Gasteiger partial charge >= 0.3 is 0 Å². The van der Waals surface area contributed by atoms with Crippen molar-refractivity contribution in [3.05, 3.63) is 81.9 Å². The highest BCUT2D eigenvalue weighted by molar-refractivity contribution is 5.81. The Hall–Kier alpha value is -2.80. The molecule has 0 radical (unpaired) electrons. The standard InChI is InChI=1S/C20H23FN2O4/c1-14(19(24)16-10-6-3-7-11-16)22-20(25)18(21)17(13-23(26)27)12-15-8-4-2-5-9-15/h2-11,14,17-19,24H,12-13H2,1H3,(H,22,25)/t14-,17+,18+,19+/m0/s1. The molecule has 0 aliphatic heterocycles. The molecule has 2 N–H and O–H groups in total. The fourth-order valence-electron chi connectivity index (χ4n) is 2.90. The van der Waals surface area contributed by atoms with Crippen molar-refractivity contribution in [2.24, 2.45) is 5.92 Å². The summed E-state index contributed by atoms with van der Waals surface area (Å²) < 4.78 is 14.7. The number of hydrogen-bond acceptors (Lipinski definition) is 4. The maximum absolute atomic E-state index is 14.7. The Balaban J connectivity index is 2.03. The van der Waals surface area contributed by atoms with Gasteiger partial charge in [-0.15, -0.1) is 0 Å². The van der Waals surface area contributed by atoms with Crippen molar-refractivity contribution >= 4 is 5.91 Å². The molecule has 7 heteroatoms. The number of aliphatic hydroxyl groups excluding tert-OH is 1. The molecule has 4 atom stereocenters. The molecule has 0 spiro atoms. The molecule has 2 aromatic carbocycles. The second kappa shape index (κ2) is 9.78. The van der Waals surface area contributed by atoms with Crippen LogP contribution in [0, 0.1) is 16.0 Å². The summed E-state index contributed by atoms with van der Waals surface area (Å²) in [6.07, 6.45) is -2.99. The lowest BCUT2D eigenvalue weighted by Gasteiger charge is -2.23. The van der Waals surface area contributed by atoms with E-state index in [-0.39, 0.29) is 6.42 Å². The van der Waals surface area contributed by atoms with Crippen LogP contribution >= 0.6 is 0 Å². The number of nitro groups is 1. The summed E-state index contributed by atoms with van der Waals surface area (Å²) in [5.41, 5.74) is 1.31. The molecule has 27 heavy (non-hydrogen) atoms. The molecule has 0 fully saturated rings. The smallest absolute Gasteiger partial charge is 0.255 e. The molecular formula is C20H23FN2O4. The molecule has 0 bridgehead atoms. The third kappa shape index (κ3) is 6.14. The van der Waals surface area contributed by atoms with Crippen molar-refractivity contribution in [3.8, 4) is 0 Å². The minimum absolute atomic E-state index is 0.0754. The number of alkyl halides is 1. The predicted octanol–water partition coefficient (Wildman–Crippen LogP) is 2.70. The van der Waals surface area contributed by atoms with E-state index in [1.54, 1.807) is 67.6 Å². The summed E-state index contributed by atoms with van der Waals surface area (Å²) in [5, 5.41) is 23.6. The fraction of sp³-hybridized carbons (Fsp3) is 0.350. The first-order valence-corrected chi connectivity index (χ1v) is 8.71. The lowest BCUT2D eigenvalue weighted by Crippen LogP contribution is -2.45. The molecule has 0 aliphatic rings. The molecule has 0 saturated heterocycles. The molecule has 0 aromatic heterocycles. The molecule has 0 heterocycles. The molecule has 0 aliphatic carbocycles. The molecule has 2 aromatic rings. The van der Waals surface area contributed by atoms with Crippen LogP contribution in [0.4, 0.5) is 4.39 Å². The number of amides is 1. The zero-order valence-corrected chi connectivity index (χ0v) is 15.0. The van der Waals surface area contributed by atoms with Crippen LogP contribution in [0.3, 0.4) is 0 Å². The van der Waals surface area contributed by atoms with Crippen LogP contribution in [-0.2, 0) is 11.2 Å². The average molecular weight is 374 g/mol. The van der Waals surface area contributed by atoms with Gasteiger partial charge in [-0.25, -0.2) is 4.39 Å². The summed E-state index contributed by atoms with van der Waals surface area (Å²) in [4.78, 5) is 22.6. The molecule has 6 nitrogen and oxygen atoms in total. The van der Waals surface area contributed by atoms with Gasteiger partial charge < -0.3 is 10.4 Å². The Kier molecular flexibility index (Phi) is 7.43. The van der Waals surface area contributed by atoms with E-state index in [4.69, 9.17) is 0 Å². The van der Waals surface area contributed by atoms with Crippen LogP contribution in [0.25, 0.3) is 0 Å². The number of nitrogens with one attached hydrogen (secondary N) is 1. The summed E-state index contributed by atoms with van der Waals surface area (Å²) in [7, 11) is 0. The van der Waals surface area contributed by atoms with E-state index in [2.05, 4.69) is 5.32 Å². The maximum atomic E-state index is 14.7. The summed E-state index contributed by atoms with van der Waals surface area (Å²) in [6.45, 7) is 0.904. The fourth-order valence-corrected chi connectivity index (χ4v) is 2.90. The van der Waals surface area contributed by atoms with Crippen LogP contribution in [0.5, 0.6) is 0 Å². The lowest BCUT2D eigenvalue weighted by molar-refractivity contribution is -0.489. The molecule has 0 unspecified atom stereocenters. The maximum Gasteiger partial charge on any atom is 0.255 e. The topological polar surface area (TPSA) is 92.5 Å². The normalized spacial score (nSPS) is 15.4. The van der Waals surface area contributed by atoms with Crippen LogP contribution in [-0.4, -0.2) is 34.7 Å². The first-order chi connectivity index (χ1) is 12.9. The number of benzene rings is 2. The first-order valence-electron chi connectivity index (χ1n) is 8.71. The Morgan fingerprint density at radius 3 is 2.26 bits per heavy atom. The van der Waals surface area contributed by atoms with Gasteiger partial charge in [-0.3, -0.25) is 14.9 Å². The highest BCUT2D eigenvalue weighted by Crippen LogP contribution is 2.19. The quantitative estimate of drug-likeness (QED) is 0.521. The highest BCUT2D eigenvalue weighted by Gasteiger charge is 2.33. The molecular weight excluding hydrogens is 351 g/mol. The Labute approximate surface area is 157 Å². The van der Waals surface area contributed by atoms with Gasteiger partial charge in [0.05, 0.1) is 18.1 Å². The number of rotatable bonds is 9. The second-order valence-corrected chi connectivity index (χ2v) is 6.52. The van der Waals surface area contributed by atoms with Crippen molar-refractivity contribution in [2.45, 2.75) is 31.7 Å². The third-order valence-electron chi connectivity index (χ3n) is 4.37. The predicted molar refractivity (Wildman–Crippen MR) is 99.4 cm³/mol. The number of nitrogens with zero attached hydrogens (tertiary/aromatic N) is 1. The molecule has 2 rings (SSSR count). The van der Waals surface area contributed by atoms with E-state index in [0.29, 0.717) is 5.56 Å². The van der Waals surface area contributed by atoms with Gasteiger partial charge in [0.25, 0.3) is 5.91 Å². The van der Waals surface area contributed by atoms with Gasteiger partial charge in [-0.05, 0) is 24.5 Å². The van der Waals surface area contributed by atoms with Gasteiger partial charge in [0.2, 0.25) is 6.54 Å². The van der Waals surface area contributed by atoms with Crippen molar-refractivity contribution < 1.29 is 19.2 Å². The van der Waals surface area contributed by atoms with Crippen LogP contribution < -0.4 is 5.32 Å². The number of halogens is 1. The second-order valence-electron chi connectivity index (χ2n) is 6.52. The highest BCUT2D eigenvalue weighted by atomic mass is 19.1. The Morgan fingerprint density at radius 1 is 1.15 bits per heavy atom. The Morgan fingerprint density at radius 2 is 1.70 bits per heavy atom. The number of aliphatic hydroxyl groups is 1. The SMILES string of the molecule is C[C@H](NC(=O)[C@H](F)[C@H](Cc1ccccc1)C[N+](=O)[O-])[C@@H](O)c1ccccc1. The Bertz CT molecular complexity index is 742. The molecule has 0 saturated carbocycles. The molecule has 1 amide bonds. The van der Waals surface area contributed by atoms with Gasteiger partial charge in [0.15, 0.2) is 6.17 Å². The minimum atomic E-state index is -2.05. The summed E-state index contributed by atoms with van der Waals surface area (Å²) in [5.74, 6) is -2.05. The zero-order valence-electron chi connectivity index (χ0n) is 15.0. The van der Waals surface area contributed by atoms with E-state index in [1.807, 2.05) is 0 Å². The van der Waals surface area contributed by atoms with Crippen molar-refractivity contribution in [1.29, 1.82) is 0 Å². The first kappa shape index (κ1) is 20.5. The molecule has 144 valence electrons. The largest absolute Gasteiger partial charge is 0.386 e. The third-order valence-corrected chi connectivity index (χ3v) is 4.37. The van der Waals surface area contributed by atoms with Gasteiger partial charge in [0, 0.05) is 4.92 Å². The van der Waals surface area contributed by atoms with Crippen molar-refractivity contribution in [1.82, 2.24) is 5.32 Å². The minimum Gasteiger partial charge on any atom is -0.386 e. The monoisotopic (exact) mass is 374 g/mol. The zero-order chi connectivity index (χ0) is 19.8. The number of carbonyl (C=O) groups excluding carboxylic acids is 1. The van der Waals surface area contributed by atoms with Crippen molar-refractivity contribution in [2.75, 3.05) is 6.54 Å². The van der Waals surface area contributed by atoms with Gasteiger partial charge in [-0.1, -0.05) is 60.7 Å². The van der Waals surface area contributed by atoms with E-state index in [1.165, 1.54) is 0 Å². The van der Waals surface area contributed by atoms with Gasteiger partial charge in [0.1, 0.15) is 0 Å². The van der Waals surface area contributed by atoms with E-state index < -0.39 is 41.6 Å². The van der Waals surface area contributed by atoms with Crippen LogP contribution in [0.1, 0.15) is 24.2 Å². The summed E-state index contributed by atoms with van der Waals surface area (Å²) in [6, 6.07) is 16.7.